The second-order valence-electron chi connectivity index (χ2n) is 9.28. The van der Waals surface area contributed by atoms with Crippen molar-refractivity contribution in [1.82, 2.24) is 8.69 Å². The number of aryl methyl sites for hydroxylation is 1. The Kier molecular flexibility index (Phi) is 7.33. The van der Waals surface area contributed by atoms with Crippen molar-refractivity contribution in [1.29, 1.82) is 0 Å². The van der Waals surface area contributed by atoms with Crippen LogP contribution in [0.2, 0.25) is 5.02 Å². The van der Waals surface area contributed by atoms with E-state index in [2.05, 4.69) is 20.7 Å². The topological polar surface area (TPSA) is 68.2 Å². The molecular weight excluding hydrogens is 568 g/mol. The Morgan fingerprint density at radius 2 is 1.66 bits per heavy atom. The van der Waals surface area contributed by atoms with Crippen molar-refractivity contribution in [3.8, 4) is 0 Å². The van der Waals surface area contributed by atoms with Crippen molar-refractivity contribution >= 4 is 59.4 Å². The van der Waals surface area contributed by atoms with Gasteiger partial charge >= 0.3 is 0 Å². The molecule has 0 saturated heterocycles. The molecule has 1 unspecified atom stereocenters. The summed E-state index contributed by atoms with van der Waals surface area (Å²) in [4.78, 5) is 0.160. The first-order chi connectivity index (χ1) is 16.4. The lowest BCUT2D eigenvalue weighted by Gasteiger charge is -2.26. The summed E-state index contributed by atoms with van der Waals surface area (Å²) >= 11 is 10.1. The maximum atomic E-state index is 14.1. The molecular formula is C26H26BrClN2O3S2. The summed E-state index contributed by atoms with van der Waals surface area (Å²) in [6.45, 7) is 7.47. The lowest BCUT2D eigenvalue weighted by molar-refractivity contribution is 0.581. The number of rotatable bonds is 6. The third-order valence-corrected chi connectivity index (χ3v) is 9.90. The quantitative estimate of drug-likeness (QED) is 0.269. The fourth-order valence-electron chi connectivity index (χ4n) is 3.76. The summed E-state index contributed by atoms with van der Waals surface area (Å²) in [5.41, 5.74) is 2.51. The van der Waals surface area contributed by atoms with Crippen LogP contribution >= 0.6 is 27.5 Å². The van der Waals surface area contributed by atoms with E-state index in [0.29, 0.717) is 26.3 Å². The summed E-state index contributed by atoms with van der Waals surface area (Å²) < 4.78 is 46.0. The minimum absolute atomic E-state index is 0.160. The summed E-state index contributed by atoms with van der Waals surface area (Å²) in [7, 11) is -5.54. The predicted octanol–water partition coefficient (Wildman–Crippen LogP) is 6.74. The molecule has 0 fully saturated rings. The maximum Gasteiger partial charge on any atom is 0.268 e. The van der Waals surface area contributed by atoms with Crippen molar-refractivity contribution < 1.29 is 12.6 Å². The third kappa shape index (κ3) is 5.13. The Labute approximate surface area is 222 Å². The van der Waals surface area contributed by atoms with Gasteiger partial charge in [0.05, 0.1) is 37.9 Å². The van der Waals surface area contributed by atoms with Crippen LogP contribution in [0, 0.1) is 6.92 Å². The van der Waals surface area contributed by atoms with Crippen LogP contribution in [-0.4, -0.2) is 21.3 Å². The number of aromatic nitrogens is 1. The number of fused-ring (bicyclic) bond motifs is 1. The first-order valence-corrected chi connectivity index (χ1v) is 14.7. The number of halogens is 2. The summed E-state index contributed by atoms with van der Waals surface area (Å²) in [6.07, 6.45) is 0. The van der Waals surface area contributed by atoms with Gasteiger partial charge in [-0.2, -0.15) is 0 Å². The van der Waals surface area contributed by atoms with Crippen LogP contribution in [0.15, 0.2) is 82.2 Å². The average molecular weight is 594 g/mol. The summed E-state index contributed by atoms with van der Waals surface area (Å²) in [5.74, 6) is 0. The van der Waals surface area contributed by atoms with Crippen molar-refractivity contribution in [3.63, 3.8) is 0 Å². The smallest absolute Gasteiger partial charge is 0.242 e. The van der Waals surface area contributed by atoms with E-state index in [4.69, 9.17) is 11.6 Å². The second kappa shape index (κ2) is 9.82. The van der Waals surface area contributed by atoms with Gasteiger partial charge in [-0.1, -0.05) is 59.6 Å². The molecule has 2 atom stereocenters. The van der Waals surface area contributed by atoms with E-state index < -0.39 is 31.8 Å². The lowest BCUT2D eigenvalue weighted by atomic mass is 10.0. The van der Waals surface area contributed by atoms with Gasteiger partial charge in [-0.25, -0.2) is 21.3 Å². The van der Waals surface area contributed by atoms with Crippen LogP contribution in [0.1, 0.15) is 43.6 Å². The lowest BCUT2D eigenvalue weighted by Crippen LogP contribution is -2.37. The van der Waals surface area contributed by atoms with Gasteiger partial charge < -0.3 is 0 Å². The van der Waals surface area contributed by atoms with E-state index in [9.17, 15) is 12.6 Å². The van der Waals surface area contributed by atoms with Gasteiger partial charge in [0.25, 0.3) is 10.0 Å². The molecule has 0 amide bonds. The maximum absolute atomic E-state index is 14.1. The molecule has 35 heavy (non-hydrogen) atoms. The molecule has 0 aliphatic heterocycles. The summed E-state index contributed by atoms with van der Waals surface area (Å²) in [5, 5.41) is 1.17. The van der Waals surface area contributed by atoms with E-state index in [-0.39, 0.29) is 4.90 Å². The fraction of sp³-hybridized carbons (Fsp3) is 0.231. The zero-order valence-corrected chi connectivity index (χ0v) is 23.7. The van der Waals surface area contributed by atoms with E-state index in [1.807, 2.05) is 58.0 Å². The number of para-hydroxylation sites is 1. The van der Waals surface area contributed by atoms with E-state index >= 15 is 0 Å². The molecule has 1 N–H and O–H groups in total. The third-order valence-electron chi connectivity index (χ3n) is 5.61. The molecule has 1 aromatic heterocycles. The predicted molar refractivity (Wildman–Crippen MR) is 148 cm³/mol. The number of hydrogen-bond donors (Lipinski definition) is 1. The highest BCUT2D eigenvalue weighted by Gasteiger charge is 2.32. The largest absolute Gasteiger partial charge is 0.268 e. The SMILES string of the molecule is Cc1ccc(S(=O)(=O)n2c([C@H](NS(=O)C(C)(C)C)c3ccccc3Cl)cc3cccc(Br)c32)cc1. The molecule has 0 saturated carbocycles. The molecule has 1 heterocycles. The molecule has 5 nitrogen and oxygen atoms in total. The Balaban J connectivity index is 2.06. The van der Waals surface area contributed by atoms with Crippen LogP contribution in [0.25, 0.3) is 10.9 Å². The minimum atomic E-state index is -4.02. The van der Waals surface area contributed by atoms with Crippen LogP contribution < -0.4 is 4.72 Å². The number of hydrogen-bond acceptors (Lipinski definition) is 3. The first kappa shape index (κ1) is 26.1. The number of benzene rings is 3. The van der Waals surface area contributed by atoms with Gasteiger partial charge in [-0.15, -0.1) is 0 Å². The van der Waals surface area contributed by atoms with Crippen LogP contribution in [-0.2, 0) is 21.0 Å². The Bertz CT molecular complexity index is 1520. The average Bonchev–Trinajstić information content (AvgIpc) is 3.19. The van der Waals surface area contributed by atoms with Crippen molar-refractivity contribution in [2.75, 3.05) is 0 Å². The molecule has 9 heteroatoms. The fourth-order valence-corrected chi connectivity index (χ4v) is 7.07. The van der Waals surface area contributed by atoms with Crippen molar-refractivity contribution in [2.24, 2.45) is 0 Å². The van der Waals surface area contributed by atoms with Crippen LogP contribution in [0.3, 0.4) is 0 Å². The van der Waals surface area contributed by atoms with E-state index in [1.165, 1.54) is 3.97 Å². The van der Waals surface area contributed by atoms with Crippen molar-refractivity contribution in [3.05, 3.63) is 99.1 Å². The van der Waals surface area contributed by atoms with Gasteiger partial charge in [-0.05, 0) is 79.5 Å². The molecule has 4 aromatic rings. The van der Waals surface area contributed by atoms with Crippen LogP contribution in [0.5, 0.6) is 0 Å². The zero-order valence-electron chi connectivity index (χ0n) is 19.7. The standard InChI is InChI=1S/C26H26BrClN2O3S2/c1-17-12-14-19(15-13-17)35(32,33)30-23(16-18-8-7-10-21(27)25(18)30)24(29-34(31)26(2,3)4)20-9-5-6-11-22(20)28/h5-16,24,29H,1-4H3/t24-,34?/m1/s1. The van der Waals surface area contributed by atoms with E-state index in [1.54, 1.807) is 42.5 Å². The van der Waals surface area contributed by atoms with Gasteiger partial charge in [0, 0.05) is 14.9 Å². The molecule has 3 aromatic carbocycles. The molecule has 0 aliphatic rings. The van der Waals surface area contributed by atoms with E-state index in [0.717, 1.165) is 10.9 Å². The first-order valence-electron chi connectivity index (χ1n) is 11.0. The number of nitrogens with zero attached hydrogens (tertiary/aromatic N) is 1. The molecule has 0 bridgehead atoms. The Morgan fingerprint density at radius 1 is 1.00 bits per heavy atom. The van der Waals surface area contributed by atoms with Crippen LogP contribution in [0.4, 0.5) is 0 Å². The Morgan fingerprint density at radius 3 is 2.29 bits per heavy atom. The highest BCUT2D eigenvalue weighted by molar-refractivity contribution is 9.10. The number of nitrogens with one attached hydrogen (secondary N) is 1. The van der Waals surface area contributed by atoms with Gasteiger partial charge in [0.2, 0.25) is 0 Å². The normalized spacial score (nSPS) is 14.2. The highest BCUT2D eigenvalue weighted by Crippen LogP contribution is 2.38. The molecule has 184 valence electrons. The summed E-state index contributed by atoms with van der Waals surface area (Å²) in [6, 6.07) is 20.5. The molecule has 0 aliphatic carbocycles. The van der Waals surface area contributed by atoms with Crippen molar-refractivity contribution in [2.45, 2.75) is 43.4 Å². The van der Waals surface area contributed by atoms with Gasteiger partial charge in [-0.3, -0.25) is 0 Å². The molecule has 0 spiro atoms. The second-order valence-corrected chi connectivity index (χ2v) is 14.3. The minimum Gasteiger partial charge on any atom is -0.242 e. The molecule has 0 radical (unpaired) electrons. The van der Waals surface area contributed by atoms with Gasteiger partial charge in [0.15, 0.2) is 0 Å². The zero-order chi connectivity index (χ0) is 25.5. The Hall–Kier alpha value is -1.97. The monoisotopic (exact) mass is 592 g/mol. The molecule has 4 rings (SSSR count). The highest BCUT2D eigenvalue weighted by atomic mass is 79.9. The van der Waals surface area contributed by atoms with Gasteiger partial charge in [0.1, 0.15) is 0 Å².